The fraction of sp³-hybridized carbons (Fsp3) is 0.286. The Morgan fingerprint density at radius 1 is 1.25 bits per heavy atom. The Bertz CT molecular complexity index is 706. The number of rotatable bonds is 5. The van der Waals surface area contributed by atoms with Gasteiger partial charge in [0.1, 0.15) is 0 Å². The topological polar surface area (TPSA) is 72.2 Å². The van der Waals surface area contributed by atoms with Gasteiger partial charge in [0.15, 0.2) is 0 Å². The fourth-order valence-electron chi connectivity index (χ4n) is 1.89. The van der Waals surface area contributed by atoms with Crippen molar-refractivity contribution < 1.29 is 8.42 Å². The van der Waals surface area contributed by atoms with Crippen LogP contribution in [-0.2, 0) is 23.0 Å². The maximum atomic E-state index is 12.2. The molecule has 0 atom stereocenters. The summed E-state index contributed by atoms with van der Waals surface area (Å²) in [6.45, 7) is 4.28. The molecule has 0 saturated carbocycles. The van der Waals surface area contributed by atoms with E-state index in [2.05, 4.69) is 4.72 Å². The minimum absolute atomic E-state index is 0.209. The number of nitrogen functional groups attached to an aromatic ring is 1. The van der Waals surface area contributed by atoms with Crippen molar-refractivity contribution in [2.75, 3.05) is 5.73 Å². The van der Waals surface area contributed by atoms with Crippen LogP contribution < -0.4 is 10.5 Å². The average Bonchev–Trinajstić information content (AvgIpc) is 2.82. The number of nitrogens with one attached hydrogen (secondary N) is 1. The monoisotopic (exact) mass is 310 g/mol. The Hall–Kier alpha value is -1.37. The highest BCUT2D eigenvalue weighted by Crippen LogP contribution is 2.20. The lowest BCUT2D eigenvalue weighted by molar-refractivity contribution is 0.582. The van der Waals surface area contributed by atoms with Gasteiger partial charge >= 0.3 is 0 Å². The van der Waals surface area contributed by atoms with Gasteiger partial charge < -0.3 is 5.73 Å². The first-order chi connectivity index (χ1) is 9.42. The van der Waals surface area contributed by atoms with E-state index in [4.69, 9.17) is 5.73 Å². The van der Waals surface area contributed by atoms with E-state index in [0.29, 0.717) is 12.2 Å². The second-order valence-electron chi connectivity index (χ2n) is 4.55. The van der Waals surface area contributed by atoms with Crippen LogP contribution in [0.25, 0.3) is 0 Å². The molecule has 0 amide bonds. The summed E-state index contributed by atoms with van der Waals surface area (Å²) < 4.78 is 27.0. The van der Waals surface area contributed by atoms with Gasteiger partial charge in [0.05, 0.1) is 4.90 Å². The van der Waals surface area contributed by atoms with Gasteiger partial charge in [-0.15, -0.1) is 11.3 Å². The van der Waals surface area contributed by atoms with E-state index < -0.39 is 10.0 Å². The minimum atomic E-state index is -3.52. The van der Waals surface area contributed by atoms with Crippen molar-refractivity contribution in [2.45, 2.75) is 31.7 Å². The molecule has 2 rings (SSSR count). The zero-order chi connectivity index (χ0) is 14.8. The van der Waals surface area contributed by atoms with Crippen LogP contribution >= 0.6 is 11.3 Å². The standard InChI is InChI=1S/C14H18N2O2S2/c1-3-11-5-7-13(8-14(11)15)20(17,18)16-9-12-6-4-10(2)19-12/h4-8,16H,3,9,15H2,1-2H3. The first kappa shape index (κ1) is 15.0. The summed E-state index contributed by atoms with van der Waals surface area (Å²) in [5, 5.41) is 0. The molecule has 0 spiro atoms. The summed E-state index contributed by atoms with van der Waals surface area (Å²) in [6.07, 6.45) is 0.786. The predicted octanol–water partition coefficient (Wildman–Crippen LogP) is 2.68. The van der Waals surface area contributed by atoms with Crippen molar-refractivity contribution in [3.05, 3.63) is 45.6 Å². The molecule has 4 nitrogen and oxygen atoms in total. The molecule has 0 aliphatic carbocycles. The van der Waals surface area contributed by atoms with Crippen LogP contribution in [0.2, 0.25) is 0 Å². The van der Waals surface area contributed by atoms with E-state index in [9.17, 15) is 8.42 Å². The molecule has 2 aromatic rings. The highest BCUT2D eigenvalue weighted by atomic mass is 32.2. The Morgan fingerprint density at radius 2 is 2.00 bits per heavy atom. The Morgan fingerprint density at radius 3 is 2.55 bits per heavy atom. The van der Waals surface area contributed by atoms with Gasteiger partial charge in [-0.25, -0.2) is 13.1 Å². The maximum absolute atomic E-state index is 12.2. The molecular weight excluding hydrogens is 292 g/mol. The summed E-state index contributed by atoms with van der Waals surface area (Å²) in [4.78, 5) is 2.36. The smallest absolute Gasteiger partial charge is 0.240 e. The number of benzene rings is 1. The summed E-state index contributed by atoms with van der Waals surface area (Å²) in [5.74, 6) is 0. The molecule has 0 radical (unpaired) electrons. The number of aryl methyl sites for hydroxylation is 2. The van der Waals surface area contributed by atoms with E-state index in [0.717, 1.165) is 21.7 Å². The SMILES string of the molecule is CCc1ccc(S(=O)(=O)NCc2ccc(C)s2)cc1N. The van der Waals surface area contributed by atoms with Crippen molar-refractivity contribution in [3.63, 3.8) is 0 Å². The van der Waals surface area contributed by atoms with Crippen LogP contribution in [0.3, 0.4) is 0 Å². The molecule has 0 unspecified atom stereocenters. The molecule has 3 N–H and O–H groups in total. The van der Waals surface area contributed by atoms with Gasteiger partial charge in [0, 0.05) is 22.0 Å². The lowest BCUT2D eigenvalue weighted by Gasteiger charge is -2.08. The molecule has 1 aromatic heterocycles. The summed E-state index contributed by atoms with van der Waals surface area (Å²) >= 11 is 1.58. The first-order valence-electron chi connectivity index (χ1n) is 6.35. The quantitative estimate of drug-likeness (QED) is 0.834. The zero-order valence-corrected chi connectivity index (χ0v) is 13.1. The average molecular weight is 310 g/mol. The van der Waals surface area contributed by atoms with Crippen LogP contribution in [-0.4, -0.2) is 8.42 Å². The number of sulfonamides is 1. The van der Waals surface area contributed by atoms with E-state index in [1.165, 1.54) is 6.07 Å². The van der Waals surface area contributed by atoms with Crippen molar-refractivity contribution in [3.8, 4) is 0 Å². The molecule has 0 saturated heterocycles. The molecule has 1 aromatic carbocycles. The molecule has 6 heteroatoms. The van der Waals surface area contributed by atoms with E-state index in [1.54, 1.807) is 23.5 Å². The van der Waals surface area contributed by atoms with E-state index >= 15 is 0 Å². The number of nitrogens with two attached hydrogens (primary N) is 1. The number of thiophene rings is 1. The molecule has 108 valence electrons. The van der Waals surface area contributed by atoms with Crippen LogP contribution in [0.1, 0.15) is 22.2 Å². The van der Waals surface area contributed by atoms with Gasteiger partial charge in [0.2, 0.25) is 10.0 Å². The zero-order valence-electron chi connectivity index (χ0n) is 11.5. The molecule has 20 heavy (non-hydrogen) atoms. The van der Waals surface area contributed by atoms with E-state index in [1.807, 2.05) is 26.0 Å². The molecule has 0 bridgehead atoms. The Kier molecular flexibility index (Phi) is 4.47. The number of anilines is 1. The second kappa shape index (κ2) is 5.95. The Labute approximate surface area is 123 Å². The van der Waals surface area contributed by atoms with Crippen LogP contribution in [0.5, 0.6) is 0 Å². The molecule has 0 aliphatic rings. The van der Waals surface area contributed by atoms with Gasteiger partial charge in [-0.3, -0.25) is 0 Å². The van der Waals surface area contributed by atoms with Crippen LogP contribution in [0, 0.1) is 6.92 Å². The highest BCUT2D eigenvalue weighted by Gasteiger charge is 2.15. The minimum Gasteiger partial charge on any atom is -0.398 e. The largest absolute Gasteiger partial charge is 0.398 e. The maximum Gasteiger partial charge on any atom is 0.240 e. The molecule has 1 heterocycles. The third kappa shape index (κ3) is 3.39. The van der Waals surface area contributed by atoms with Gasteiger partial charge in [-0.05, 0) is 43.2 Å². The van der Waals surface area contributed by atoms with Crippen molar-refractivity contribution >= 4 is 27.0 Å². The molecular formula is C14H18N2O2S2. The van der Waals surface area contributed by atoms with Crippen LogP contribution in [0.15, 0.2) is 35.2 Å². The predicted molar refractivity (Wildman–Crippen MR) is 83.3 cm³/mol. The van der Waals surface area contributed by atoms with Crippen molar-refractivity contribution in [1.82, 2.24) is 4.72 Å². The third-order valence-corrected chi connectivity index (χ3v) is 5.44. The highest BCUT2D eigenvalue weighted by molar-refractivity contribution is 7.89. The normalized spacial score (nSPS) is 11.7. The van der Waals surface area contributed by atoms with Crippen molar-refractivity contribution in [2.24, 2.45) is 0 Å². The summed E-state index contributed by atoms with van der Waals surface area (Å²) in [7, 11) is -3.52. The summed E-state index contributed by atoms with van der Waals surface area (Å²) in [6, 6.07) is 8.77. The fourth-order valence-corrected chi connectivity index (χ4v) is 3.85. The third-order valence-electron chi connectivity index (χ3n) is 3.04. The Balaban J connectivity index is 2.15. The summed E-state index contributed by atoms with van der Waals surface area (Å²) in [5.41, 5.74) is 7.32. The van der Waals surface area contributed by atoms with Crippen molar-refractivity contribution in [1.29, 1.82) is 0 Å². The number of hydrogen-bond donors (Lipinski definition) is 2. The van der Waals surface area contributed by atoms with Gasteiger partial charge in [0.25, 0.3) is 0 Å². The molecule has 0 aliphatic heterocycles. The van der Waals surface area contributed by atoms with Crippen LogP contribution in [0.4, 0.5) is 5.69 Å². The second-order valence-corrected chi connectivity index (χ2v) is 7.69. The van der Waals surface area contributed by atoms with E-state index in [-0.39, 0.29) is 4.90 Å². The van der Waals surface area contributed by atoms with Gasteiger partial charge in [-0.1, -0.05) is 13.0 Å². The first-order valence-corrected chi connectivity index (χ1v) is 8.65. The lowest BCUT2D eigenvalue weighted by Crippen LogP contribution is -2.23. The number of hydrogen-bond acceptors (Lipinski definition) is 4. The molecule has 0 fully saturated rings. The lowest BCUT2D eigenvalue weighted by atomic mass is 10.1. The van der Waals surface area contributed by atoms with Gasteiger partial charge in [-0.2, -0.15) is 0 Å².